The summed E-state index contributed by atoms with van der Waals surface area (Å²) < 4.78 is 39.5. The van der Waals surface area contributed by atoms with Crippen LogP contribution in [0.15, 0.2) is 53.5 Å². The van der Waals surface area contributed by atoms with Crippen molar-refractivity contribution in [3.05, 3.63) is 48.5 Å². The number of rotatable bonds is 9. The predicted octanol–water partition coefficient (Wildman–Crippen LogP) is 2.58. The first kappa shape index (κ1) is 26.0. The van der Waals surface area contributed by atoms with Crippen molar-refractivity contribution in [1.82, 2.24) is 5.32 Å². The zero-order chi connectivity index (χ0) is 21.9. The summed E-state index contributed by atoms with van der Waals surface area (Å²) in [7, 11) is -3.57. The zero-order valence-corrected chi connectivity index (χ0v) is 20.8. The molecule has 0 saturated heterocycles. The number of guanidine groups is 1. The Bertz CT molecular complexity index is 973. The fraction of sp³-hybridized carbons (Fsp3) is 0.381. The minimum Gasteiger partial charge on any atom is -0.494 e. The van der Waals surface area contributed by atoms with Gasteiger partial charge in [-0.25, -0.2) is 13.6 Å². The SMILES string of the molecule is I.NS(=O)(=O)CCNC(=NCCCOc1ccccc1)Nc1ccc2c(c1)OCCCO2. The number of fused-ring (bicyclic) bond motifs is 1. The highest BCUT2D eigenvalue weighted by Crippen LogP contribution is 2.32. The van der Waals surface area contributed by atoms with E-state index in [9.17, 15) is 8.42 Å². The Morgan fingerprint density at radius 2 is 1.84 bits per heavy atom. The molecule has 176 valence electrons. The monoisotopic (exact) mass is 576 g/mol. The highest BCUT2D eigenvalue weighted by molar-refractivity contribution is 14.0. The number of primary sulfonamides is 1. The highest BCUT2D eigenvalue weighted by atomic mass is 127. The molecule has 1 heterocycles. The number of ether oxygens (including phenoxy) is 3. The summed E-state index contributed by atoms with van der Waals surface area (Å²) in [5.41, 5.74) is 0.742. The molecule has 0 saturated carbocycles. The summed E-state index contributed by atoms with van der Waals surface area (Å²) in [5.74, 6) is 2.40. The summed E-state index contributed by atoms with van der Waals surface area (Å²) in [6, 6.07) is 15.1. The summed E-state index contributed by atoms with van der Waals surface area (Å²) in [4.78, 5) is 4.51. The zero-order valence-electron chi connectivity index (χ0n) is 17.7. The van der Waals surface area contributed by atoms with Crippen molar-refractivity contribution in [2.24, 2.45) is 10.1 Å². The molecule has 0 spiro atoms. The second kappa shape index (κ2) is 13.3. The van der Waals surface area contributed by atoms with Gasteiger partial charge in [-0.2, -0.15) is 0 Å². The van der Waals surface area contributed by atoms with E-state index in [0.29, 0.717) is 50.2 Å². The number of sulfonamides is 1. The topological polar surface area (TPSA) is 124 Å². The van der Waals surface area contributed by atoms with E-state index in [1.807, 2.05) is 48.5 Å². The fourth-order valence-corrected chi connectivity index (χ4v) is 3.18. The van der Waals surface area contributed by atoms with Crippen LogP contribution in [0.25, 0.3) is 0 Å². The number of nitrogens with zero attached hydrogens (tertiary/aromatic N) is 1. The number of aliphatic imine (C=N–C) groups is 1. The van der Waals surface area contributed by atoms with Crippen molar-refractivity contribution in [1.29, 1.82) is 0 Å². The molecule has 3 rings (SSSR count). The van der Waals surface area contributed by atoms with Crippen LogP contribution in [-0.2, 0) is 10.0 Å². The van der Waals surface area contributed by atoms with Gasteiger partial charge in [0, 0.05) is 37.7 Å². The Kier molecular flexibility index (Phi) is 10.8. The fourth-order valence-electron chi connectivity index (χ4n) is 2.79. The number of nitrogens with two attached hydrogens (primary N) is 1. The maximum atomic E-state index is 11.2. The molecular formula is C21H29IN4O5S. The summed E-state index contributed by atoms with van der Waals surface area (Å²) >= 11 is 0. The van der Waals surface area contributed by atoms with E-state index < -0.39 is 10.0 Å². The molecule has 9 nitrogen and oxygen atoms in total. The van der Waals surface area contributed by atoms with Crippen molar-refractivity contribution in [2.75, 3.05) is 44.0 Å². The van der Waals surface area contributed by atoms with Crippen LogP contribution in [0.1, 0.15) is 12.8 Å². The largest absolute Gasteiger partial charge is 0.494 e. The Hall–Kier alpha value is -2.25. The minimum absolute atomic E-state index is 0. The van der Waals surface area contributed by atoms with Crippen LogP contribution < -0.4 is 30.0 Å². The lowest BCUT2D eigenvalue weighted by molar-refractivity contribution is 0.297. The molecule has 0 unspecified atom stereocenters. The van der Waals surface area contributed by atoms with E-state index >= 15 is 0 Å². The van der Waals surface area contributed by atoms with Gasteiger partial charge in [0.05, 0.1) is 25.6 Å². The molecule has 0 atom stereocenters. The minimum atomic E-state index is -3.57. The van der Waals surface area contributed by atoms with Crippen LogP contribution in [0.3, 0.4) is 0 Å². The third-order valence-electron chi connectivity index (χ3n) is 4.27. The molecule has 0 radical (unpaired) electrons. The number of anilines is 1. The highest BCUT2D eigenvalue weighted by Gasteiger charge is 2.12. The van der Waals surface area contributed by atoms with Crippen LogP contribution >= 0.6 is 24.0 Å². The third kappa shape index (κ3) is 9.49. The molecule has 1 aliphatic rings. The van der Waals surface area contributed by atoms with Gasteiger partial charge in [-0.1, -0.05) is 18.2 Å². The van der Waals surface area contributed by atoms with Crippen molar-refractivity contribution in [3.63, 3.8) is 0 Å². The van der Waals surface area contributed by atoms with Crippen molar-refractivity contribution in [3.8, 4) is 17.2 Å². The second-order valence-corrected chi connectivity index (χ2v) is 8.61. The molecule has 0 aromatic heterocycles. The Morgan fingerprint density at radius 1 is 1.09 bits per heavy atom. The van der Waals surface area contributed by atoms with E-state index in [2.05, 4.69) is 15.6 Å². The van der Waals surface area contributed by atoms with Gasteiger partial charge in [0.2, 0.25) is 10.0 Å². The molecule has 1 aliphatic heterocycles. The van der Waals surface area contributed by atoms with Crippen molar-refractivity contribution >= 4 is 45.6 Å². The van der Waals surface area contributed by atoms with E-state index in [1.165, 1.54) is 0 Å². The quantitative estimate of drug-likeness (QED) is 0.182. The number of benzene rings is 2. The number of hydrogen-bond donors (Lipinski definition) is 3. The molecule has 0 amide bonds. The van der Waals surface area contributed by atoms with E-state index in [0.717, 1.165) is 17.9 Å². The lowest BCUT2D eigenvalue weighted by atomic mass is 10.3. The van der Waals surface area contributed by atoms with Gasteiger partial charge in [0.1, 0.15) is 5.75 Å². The molecule has 4 N–H and O–H groups in total. The first-order valence-electron chi connectivity index (χ1n) is 10.1. The molecule has 2 aromatic carbocycles. The van der Waals surface area contributed by atoms with Crippen LogP contribution in [0.5, 0.6) is 17.2 Å². The van der Waals surface area contributed by atoms with Crippen LogP contribution in [0.4, 0.5) is 5.69 Å². The van der Waals surface area contributed by atoms with Gasteiger partial charge in [-0.05, 0) is 24.3 Å². The molecule has 11 heteroatoms. The predicted molar refractivity (Wildman–Crippen MR) is 136 cm³/mol. The second-order valence-electron chi connectivity index (χ2n) is 6.88. The molecule has 0 fully saturated rings. The van der Waals surface area contributed by atoms with Gasteiger partial charge in [-0.3, -0.25) is 4.99 Å². The average molecular weight is 576 g/mol. The molecule has 32 heavy (non-hydrogen) atoms. The van der Waals surface area contributed by atoms with Crippen LogP contribution in [0, 0.1) is 0 Å². The summed E-state index contributed by atoms with van der Waals surface area (Å²) in [5, 5.41) is 11.2. The lowest BCUT2D eigenvalue weighted by Gasteiger charge is -2.14. The van der Waals surface area contributed by atoms with Crippen LogP contribution in [0.2, 0.25) is 0 Å². The lowest BCUT2D eigenvalue weighted by Crippen LogP contribution is -2.36. The van der Waals surface area contributed by atoms with Gasteiger partial charge >= 0.3 is 0 Å². The molecular weight excluding hydrogens is 547 g/mol. The van der Waals surface area contributed by atoms with E-state index in [4.69, 9.17) is 19.3 Å². The van der Waals surface area contributed by atoms with Gasteiger partial charge in [0.25, 0.3) is 0 Å². The Morgan fingerprint density at radius 3 is 2.59 bits per heavy atom. The first-order valence-corrected chi connectivity index (χ1v) is 11.8. The van der Waals surface area contributed by atoms with Gasteiger partial charge in [-0.15, -0.1) is 24.0 Å². The standard InChI is InChI=1S/C21H28N4O5S.HI/c22-31(26,27)15-11-24-21(23-10-4-12-28-18-6-2-1-3-7-18)25-17-8-9-19-20(16-17)30-14-5-13-29-19;/h1-3,6-9,16H,4-5,10-15H2,(H2,22,26,27)(H2,23,24,25);1H. The first-order chi connectivity index (χ1) is 15.0. The van der Waals surface area contributed by atoms with Crippen molar-refractivity contribution < 1.29 is 22.6 Å². The maximum absolute atomic E-state index is 11.2. The molecule has 0 bridgehead atoms. The van der Waals surface area contributed by atoms with E-state index in [-0.39, 0.29) is 36.3 Å². The van der Waals surface area contributed by atoms with Gasteiger partial charge in [0.15, 0.2) is 17.5 Å². The Labute approximate surface area is 205 Å². The number of halogens is 1. The normalized spacial score (nSPS) is 13.5. The average Bonchev–Trinajstić information content (AvgIpc) is 2.98. The maximum Gasteiger partial charge on any atom is 0.210 e. The number of nitrogens with one attached hydrogen (secondary N) is 2. The summed E-state index contributed by atoms with van der Waals surface area (Å²) in [6.07, 6.45) is 1.52. The number of hydrogen-bond acceptors (Lipinski definition) is 6. The Balaban J connectivity index is 0.00000363. The molecule has 2 aromatic rings. The van der Waals surface area contributed by atoms with Crippen molar-refractivity contribution in [2.45, 2.75) is 12.8 Å². The number of para-hydroxylation sites is 1. The van der Waals surface area contributed by atoms with Gasteiger partial charge < -0.3 is 24.8 Å². The van der Waals surface area contributed by atoms with Crippen LogP contribution in [-0.4, -0.2) is 53.0 Å². The summed E-state index contributed by atoms with van der Waals surface area (Å²) in [6.45, 7) is 2.35. The smallest absolute Gasteiger partial charge is 0.210 e. The third-order valence-corrected chi connectivity index (χ3v) is 5.05. The molecule has 0 aliphatic carbocycles. The van der Waals surface area contributed by atoms with E-state index in [1.54, 1.807) is 0 Å².